The molecule has 1 aliphatic heterocycles. The first-order chi connectivity index (χ1) is 16.6. The number of nitrogens with one attached hydrogen (secondary N) is 1. The third-order valence-corrected chi connectivity index (χ3v) is 4.67. The van der Waals surface area contributed by atoms with E-state index in [1.54, 1.807) is 24.3 Å². The number of nitrogens with zero attached hydrogens (tertiary/aromatic N) is 3. The third kappa shape index (κ3) is 6.52. The maximum Gasteiger partial charge on any atom is 0.573 e. The number of carbonyl (C=O) groups is 1. The average molecular weight is 494 g/mol. The van der Waals surface area contributed by atoms with Crippen molar-refractivity contribution in [3.05, 3.63) is 64.8 Å². The molecule has 1 N–H and O–H groups in total. The molecule has 14 heteroatoms. The van der Waals surface area contributed by atoms with E-state index < -0.39 is 23.5 Å². The van der Waals surface area contributed by atoms with Crippen molar-refractivity contribution in [3.63, 3.8) is 0 Å². The number of hydrogen-bond donors (Lipinski definition) is 1. The number of alkyl halides is 3. The van der Waals surface area contributed by atoms with Crippen LogP contribution >= 0.6 is 0 Å². The molecule has 1 unspecified atom stereocenters. The van der Waals surface area contributed by atoms with Crippen LogP contribution in [0.25, 0.3) is 0 Å². The van der Waals surface area contributed by atoms with Crippen molar-refractivity contribution in [2.24, 2.45) is 0 Å². The second-order valence-corrected chi connectivity index (χ2v) is 7.23. The van der Waals surface area contributed by atoms with Crippen molar-refractivity contribution in [3.8, 4) is 23.3 Å². The van der Waals surface area contributed by atoms with Gasteiger partial charge in [-0.1, -0.05) is 0 Å². The monoisotopic (exact) mass is 494 g/mol. The zero-order valence-corrected chi connectivity index (χ0v) is 17.7. The van der Waals surface area contributed by atoms with Crippen LogP contribution in [0.3, 0.4) is 0 Å². The van der Waals surface area contributed by atoms with Gasteiger partial charge in [0.15, 0.2) is 0 Å². The number of carbonyl (C=O) groups excluding carboxylic acids is 1. The van der Waals surface area contributed by atoms with E-state index in [0.29, 0.717) is 24.4 Å². The van der Waals surface area contributed by atoms with Crippen LogP contribution in [0.4, 0.5) is 29.5 Å². The van der Waals surface area contributed by atoms with E-state index in [9.17, 15) is 28.1 Å². The fourth-order valence-electron chi connectivity index (χ4n) is 3.11. The number of anilines is 1. The van der Waals surface area contributed by atoms with Gasteiger partial charge in [-0.2, -0.15) is 0 Å². The van der Waals surface area contributed by atoms with E-state index in [0.717, 1.165) is 12.1 Å². The Morgan fingerprint density at radius 3 is 2.40 bits per heavy atom. The molecule has 11 nitrogen and oxygen atoms in total. The molecule has 2 heterocycles. The minimum atomic E-state index is -4.78. The molecule has 4 rings (SSSR count). The van der Waals surface area contributed by atoms with Crippen LogP contribution in [-0.2, 0) is 11.3 Å². The second-order valence-electron chi connectivity index (χ2n) is 7.23. The van der Waals surface area contributed by atoms with Crippen molar-refractivity contribution in [1.29, 1.82) is 0 Å². The molecule has 0 aliphatic carbocycles. The van der Waals surface area contributed by atoms with Crippen molar-refractivity contribution in [1.82, 2.24) is 9.55 Å². The smallest absolute Gasteiger partial charge is 0.457 e. The average Bonchev–Trinajstić information content (AvgIpc) is 3.23. The highest BCUT2D eigenvalue weighted by atomic mass is 19.4. The Balaban J connectivity index is 1.23. The summed E-state index contributed by atoms with van der Waals surface area (Å²) >= 11 is 0. The number of ether oxygens (including phenoxy) is 4. The van der Waals surface area contributed by atoms with Crippen LogP contribution in [0.15, 0.2) is 54.7 Å². The standard InChI is InChI=1S/C21H17F3N4O7/c22-21(23,24)35-16-7-5-15(6-8-16)33-14-3-1-13(2-4-14)25-20(29)32-12-17-9-10-27-11-18(28(30)31)26-19(27)34-17/h1-8,11,17H,9-10,12H2,(H,25,29). The molecule has 0 bridgehead atoms. The number of nitro groups is 1. The zero-order valence-electron chi connectivity index (χ0n) is 17.7. The molecular formula is C21H17F3N4O7. The van der Waals surface area contributed by atoms with Crippen molar-refractivity contribution < 1.29 is 41.8 Å². The van der Waals surface area contributed by atoms with Gasteiger partial charge in [0.1, 0.15) is 36.2 Å². The van der Waals surface area contributed by atoms with Crippen LogP contribution in [0.1, 0.15) is 6.42 Å². The molecule has 0 radical (unpaired) electrons. The Hall–Kier alpha value is -4.49. The minimum Gasteiger partial charge on any atom is -0.457 e. The summed E-state index contributed by atoms with van der Waals surface area (Å²) in [4.78, 5) is 26.0. The molecule has 1 amide bonds. The van der Waals surface area contributed by atoms with Gasteiger partial charge in [0.05, 0.1) is 0 Å². The minimum absolute atomic E-state index is 0.0816. The van der Waals surface area contributed by atoms with Crippen LogP contribution in [0.2, 0.25) is 0 Å². The number of benzene rings is 2. The summed E-state index contributed by atoms with van der Waals surface area (Å²) in [5, 5.41) is 13.3. The first kappa shape index (κ1) is 23.7. The maximum absolute atomic E-state index is 12.2. The molecule has 0 saturated carbocycles. The number of aromatic nitrogens is 2. The van der Waals surface area contributed by atoms with Crippen molar-refractivity contribution >= 4 is 17.6 Å². The lowest BCUT2D eigenvalue weighted by molar-refractivity contribution is -0.389. The number of amides is 1. The second kappa shape index (κ2) is 9.79. The van der Waals surface area contributed by atoms with Crippen molar-refractivity contribution in [2.75, 3.05) is 11.9 Å². The number of hydrogen-bond acceptors (Lipinski definition) is 8. The summed E-state index contributed by atoms with van der Waals surface area (Å²) in [6.07, 6.45) is -4.25. The van der Waals surface area contributed by atoms with Crippen LogP contribution in [-0.4, -0.2) is 39.6 Å². The highest BCUT2D eigenvalue weighted by Gasteiger charge is 2.31. The Bertz CT molecular complexity index is 1200. The van der Waals surface area contributed by atoms with E-state index in [1.165, 1.54) is 22.9 Å². The molecule has 0 spiro atoms. The summed E-state index contributed by atoms with van der Waals surface area (Å²) in [7, 11) is 0. The zero-order chi connectivity index (χ0) is 25.0. The Labute approximate surface area is 195 Å². The molecule has 0 fully saturated rings. The number of aryl methyl sites for hydroxylation is 1. The molecule has 1 aromatic heterocycles. The van der Waals surface area contributed by atoms with Gasteiger partial charge in [-0.05, 0) is 53.5 Å². The van der Waals surface area contributed by atoms with Crippen molar-refractivity contribution in [2.45, 2.75) is 25.4 Å². The number of fused-ring (bicyclic) bond motifs is 1. The molecule has 1 aliphatic rings. The van der Waals surface area contributed by atoms with Gasteiger partial charge < -0.3 is 29.1 Å². The van der Waals surface area contributed by atoms with E-state index in [2.05, 4.69) is 15.0 Å². The normalized spacial score (nSPS) is 14.9. The number of halogens is 3. The van der Waals surface area contributed by atoms with Crippen LogP contribution < -0.4 is 19.5 Å². The molecule has 2 aromatic carbocycles. The molecular weight excluding hydrogens is 477 g/mol. The Morgan fingerprint density at radius 1 is 1.14 bits per heavy atom. The molecule has 1 atom stereocenters. The lowest BCUT2D eigenvalue weighted by Crippen LogP contribution is -2.32. The Morgan fingerprint density at radius 2 is 1.77 bits per heavy atom. The fraction of sp³-hybridized carbons (Fsp3) is 0.238. The summed E-state index contributed by atoms with van der Waals surface area (Å²) in [5.74, 6) is -0.0148. The number of imidazole rings is 1. The summed E-state index contributed by atoms with van der Waals surface area (Å²) in [6, 6.07) is 11.2. The van der Waals surface area contributed by atoms with Gasteiger partial charge in [0.2, 0.25) is 0 Å². The van der Waals surface area contributed by atoms with Gasteiger partial charge in [0, 0.05) is 23.6 Å². The highest BCUT2D eigenvalue weighted by Crippen LogP contribution is 2.28. The molecule has 184 valence electrons. The topological polar surface area (TPSA) is 127 Å². The van der Waals surface area contributed by atoms with Gasteiger partial charge in [0.25, 0.3) is 0 Å². The summed E-state index contributed by atoms with van der Waals surface area (Å²) in [5.41, 5.74) is 0.409. The maximum atomic E-state index is 12.2. The predicted octanol–water partition coefficient (Wildman–Crippen LogP) is 4.88. The van der Waals surface area contributed by atoms with Gasteiger partial charge >= 0.3 is 24.3 Å². The molecule has 0 saturated heterocycles. The SMILES string of the molecule is O=C(Nc1ccc(Oc2ccc(OC(F)(F)F)cc2)cc1)OCC1CCn2cc([N+](=O)[O-])nc2O1. The number of rotatable bonds is 7. The molecule has 3 aromatic rings. The van der Waals surface area contributed by atoms with E-state index in [4.69, 9.17) is 14.2 Å². The largest absolute Gasteiger partial charge is 0.573 e. The van der Waals surface area contributed by atoms with Gasteiger partial charge in [-0.25, -0.2) is 4.79 Å². The fourth-order valence-corrected chi connectivity index (χ4v) is 3.11. The highest BCUT2D eigenvalue weighted by molar-refractivity contribution is 5.84. The summed E-state index contributed by atoms with van der Waals surface area (Å²) in [6.45, 7) is 0.354. The van der Waals surface area contributed by atoms with Crippen LogP contribution in [0, 0.1) is 10.1 Å². The molecule has 35 heavy (non-hydrogen) atoms. The lowest BCUT2D eigenvalue weighted by Gasteiger charge is -2.21. The van der Waals surface area contributed by atoms with Gasteiger partial charge in [-0.15, -0.1) is 13.2 Å². The quantitative estimate of drug-likeness (QED) is 0.364. The summed E-state index contributed by atoms with van der Waals surface area (Å²) < 4.78 is 58.2. The van der Waals surface area contributed by atoms with E-state index in [-0.39, 0.29) is 29.9 Å². The lowest BCUT2D eigenvalue weighted by atomic mass is 10.2. The predicted molar refractivity (Wildman–Crippen MR) is 113 cm³/mol. The first-order valence-electron chi connectivity index (χ1n) is 10.1. The third-order valence-electron chi connectivity index (χ3n) is 4.67. The van der Waals surface area contributed by atoms with E-state index in [1.807, 2.05) is 0 Å². The van der Waals surface area contributed by atoms with Crippen LogP contribution in [0.5, 0.6) is 23.3 Å². The first-order valence-corrected chi connectivity index (χ1v) is 10.1. The van der Waals surface area contributed by atoms with Gasteiger partial charge in [-0.3, -0.25) is 9.88 Å². The Kier molecular flexibility index (Phi) is 6.62. The van der Waals surface area contributed by atoms with E-state index >= 15 is 0 Å².